The molecule has 1 aromatic carbocycles. The molecule has 0 aliphatic carbocycles. The predicted octanol–water partition coefficient (Wildman–Crippen LogP) is 4.28. The normalized spacial score (nSPS) is 10.4. The monoisotopic (exact) mass is 313 g/mol. The Balaban J connectivity index is 2.07. The lowest BCUT2D eigenvalue weighted by Crippen LogP contribution is -2.00. The van der Waals surface area contributed by atoms with Gasteiger partial charge in [-0.25, -0.2) is 0 Å². The summed E-state index contributed by atoms with van der Waals surface area (Å²) in [5.41, 5.74) is 0.0181. The van der Waals surface area contributed by atoms with Gasteiger partial charge in [-0.2, -0.15) is 0 Å². The molecule has 4 nitrogen and oxygen atoms in total. The van der Waals surface area contributed by atoms with Crippen LogP contribution in [-0.2, 0) is 0 Å². The molecule has 19 heavy (non-hydrogen) atoms. The number of rotatable bonds is 5. The van der Waals surface area contributed by atoms with Gasteiger partial charge in [-0.15, -0.1) is 23.1 Å². The van der Waals surface area contributed by atoms with Gasteiger partial charge in [0.25, 0.3) is 5.69 Å². The van der Waals surface area contributed by atoms with Crippen LogP contribution in [0.4, 0.5) is 5.69 Å². The molecule has 0 aliphatic heterocycles. The Morgan fingerprint density at radius 2 is 2.05 bits per heavy atom. The molecule has 0 bridgehead atoms. The minimum Gasteiger partial charge on any atom is -0.292 e. The number of carbonyl (C=O) groups excluding carboxylic acids is 1. The maximum atomic E-state index is 11.9. The first kappa shape index (κ1) is 14.0. The maximum absolute atomic E-state index is 11.9. The summed E-state index contributed by atoms with van der Waals surface area (Å²) in [5.74, 6) is 0.0712. The Hall–Kier alpha value is -1.37. The molecule has 98 valence electrons. The third-order valence-electron chi connectivity index (χ3n) is 2.27. The van der Waals surface area contributed by atoms with E-state index in [9.17, 15) is 14.9 Å². The molecule has 0 atom stereocenters. The number of halogens is 1. The van der Waals surface area contributed by atoms with E-state index in [0.717, 1.165) is 11.8 Å². The van der Waals surface area contributed by atoms with E-state index < -0.39 is 4.92 Å². The molecule has 1 heterocycles. The quantitative estimate of drug-likeness (QED) is 0.358. The molecule has 0 spiro atoms. The summed E-state index contributed by atoms with van der Waals surface area (Å²) in [6, 6.07) is 9.70. The van der Waals surface area contributed by atoms with Crippen molar-refractivity contribution in [1.29, 1.82) is 0 Å². The van der Waals surface area contributed by atoms with Crippen molar-refractivity contribution in [3.8, 4) is 0 Å². The standard InChI is InChI=1S/C12H8ClNO3S2/c13-12-6-5-11(19-12)9(15)7-18-10-4-2-1-3-8(10)14(16)17/h1-6H,7H2. The number of Topliss-reactive ketones (excluding diaryl/α,β-unsaturated/α-hetero) is 1. The average Bonchev–Trinajstić information content (AvgIpc) is 2.83. The molecule has 0 amide bonds. The van der Waals surface area contributed by atoms with Gasteiger partial charge >= 0.3 is 0 Å². The fourth-order valence-corrected chi connectivity index (χ4v) is 3.39. The van der Waals surface area contributed by atoms with Crippen molar-refractivity contribution in [3.05, 3.63) is 55.7 Å². The van der Waals surface area contributed by atoms with Crippen LogP contribution in [0.2, 0.25) is 4.34 Å². The highest BCUT2D eigenvalue weighted by molar-refractivity contribution is 8.00. The van der Waals surface area contributed by atoms with Crippen molar-refractivity contribution in [1.82, 2.24) is 0 Å². The fraction of sp³-hybridized carbons (Fsp3) is 0.0833. The van der Waals surface area contributed by atoms with E-state index in [0.29, 0.717) is 14.1 Å². The van der Waals surface area contributed by atoms with Crippen LogP contribution in [0.25, 0.3) is 0 Å². The van der Waals surface area contributed by atoms with Gasteiger partial charge in [0, 0.05) is 6.07 Å². The molecule has 0 saturated carbocycles. The first-order chi connectivity index (χ1) is 9.08. The fourth-order valence-electron chi connectivity index (χ4n) is 1.41. The van der Waals surface area contributed by atoms with Crippen molar-refractivity contribution in [2.45, 2.75) is 4.90 Å². The lowest BCUT2D eigenvalue weighted by atomic mass is 10.3. The van der Waals surface area contributed by atoms with Crippen LogP contribution in [0.3, 0.4) is 0 Å². The van der Waals surface area contributed by atoms with Crippen LogP contribution < -0.4 is 0 Å². The SMILES string of the molecule is O=C(CSc1ccccc1[N+](=O)[O-])c1ccc(Cl)s1. The number of ketones is 1. The van der Waals surface area contributed by atoms with Crippen LogP contribution in [0.15, 0.2) is 41.3 Å². The molecule has 0 radical (unpaired) electrons. The second kappa shape index (κ2) is 6.18. The number of carbonyl (C=O) groups is 1. The third-order valence-corrected chi connectivity index (χ3v) is 4.60. The number of para-hydroxylation sites is 1. The van der Waals surface area contributed by atoms with E-state index in [1.54, 1.807) is 30.3 Å². The Morgan fingerprint density at radius 3 is 2.68 bits per heavy atom. The molecule has 2 rings (SSSR count). The highest BCUT2D eigenvalue weighted by atomic mass is 35.5. The van der Waals surface area contributed by atoms with Gasteiger partial charge in [-0.1, -0.05) is 23.7 Å². The van der Waals surface area contributed by atoms with Gasteiger partial charge in [0.15, 0.2) is 5.78 Å². The van der Waals surface area contributed by atoms with E-state index in [1.807, 2.05) is 0 Å². The highest BCUT2D eigenvalue weighted by Crippen LogP contribution is 2.30. The zero-order valence-corrected chi connectivity index (χ0v) is 11.9. The number of hydrogen-bond acceptors (Lipinski definition) is 5. The lowest BCUT2D eigenvalue weighted by molar-refractivity contribution is -0.387. The summed E-state index contributed by atoms with van der Waals surface area (Å²) in [6.45, 7) is 0. The molecule has 0 unspecified atom stereocenters. The molecular weight excluding hydrogens is 306 g/mol. The van der Waals surface area contributed by atoms with Crippen molar-refractivity contribution >= 4 is 46.2 Å². The van der Waals surface area contributed by atoms with Gasteiger partial charge in [0.05, 0.1) is 24.8 Å². The summed E-state index contributed by atoms with van der Waals surface area (Å²) >= 11 is 8.13. The average molecular weight is 314 g/mol. The van der Waals surface area contributed by atoms with E-state index >= 15 is 0 Å². The van der Waals surface area contributed by atoms with Crippen LogP contribution in [0.1, 0.15) is 9.67 Å². The first-order valence-electron chi connectivity index (χ1n) is 5.22. The Labute approximate surface area is 122 Å². The van der Waals surface area contributed by atoms with Crippen molar-refractivity contribution in [3.63, 3.8) is 0 Å². The maximum Gasteiger partial charge on any atom is 0.282 e. The summed E-state index contributed by atoms with van der Waals surface area (Å²) in [6.07, 6.45) is 0. The molecule has 0 fully saturated rings. The number of thiophene rings is 1. The molecule has 0 N–H and O–H groups in total. The van der Waals surface area contributed by atoms with Crippen LogP contribution >= 0.6 is 34.7 Å². The molecular formula is C12H8ClNO3S2. The van der Waals surface area contributed by atoms with Crippen molar-refractivity contribution in [2.24, 2.45) is 0 Å². The zero-order valence-electron chi connectivity index (χ0n) is 9.54. The lowest BCUT2D eigenvalue weighted by Gasteiger charge is -2.01. The van der Waals surface area contributed by atoms with Crippen LogP contribution in [0, 0.1) is 10.1 Å². The van der Waals surface area contributed by atoms with E-state index in [4.69, 9.17) is 11.6 Å². The number of nitrogens with zero attached hydrogens (tertiary/aromatic N) is 1. The van der Waals surface area contributed by atoms with Gasteiger partial charge < -0.3 is 0 Å². The number of nitro benzene ring substituents is 1. The molecule has 1 aromatic heterocycles. The number of nitro groups is 1. The zero-order chi connectivity index (χ0) is 13.8. The first-order valence-corrected chi connectivity index (χ1v) is 7.40. The van der Waals surface area contributed by atoms with E-state index in [2.05, 4.69) is 0 Å². The van der Waals surface area contributed by atoms with Gasteiger partial charge in [0.2, 0.25) is 0 Å². The topological polar surface area (TPSA) is 60.2 Å². The van der Waals surface area contributed by atoms with E-state index in [1.165, 1.54) is 17.4 Å². The predicted molar refractivity (Wildman–Crippen MR) is 77.5 cm³/mol. The van der Waals surface area contributed by atoms with Gasteiger partial charge in [0.1, 0.15) is 0 Å². The summed E-state index contributed by atoms with van der Waals surface area (Å²) in [7, 11) is 0. The minimum atomic E-state index is -0.450. The van der Waals surface area contributed by atoms with Crippen LogP contribution in [0.5, 0.6) is 0 Å². The van der Waals surface area contributed by atoms with Gasteiger partial charge in [-0.3, -0.25) is 14.9 Å². The van der Waals surface area contributed by atoms with Gasteiger partial charge in [-0.05, 0) is 18.2 Å². The largest absolute Gasteiger partial charge is 0.292 e. The molecule has 7 heteroatoms. The highest BCUT2D eigenvalue weighted by Gasteiger charge is 2.15. The molecule has 0 aliphatic rings. The smallest absolute Gasteiger partial charge is 0.282 e. The minimum absolute atomic E-state index is 0.0181. The number of thioether (sulfide) groups is 1. The second-order valence-corrected chi connectivity index (χ2v) is 6.27. The second-order valence-electron chi connectivity index (χ2n) is 3.54. The van der Waals surface area contributed by atoms with Crippen LogP contribution in [-0.4, -0.2) is 16.5 Å². The molecule has 2 aromatic rings. The summed E-state index contributed by atoms with van der Waals surface area (Å²) in [5, 5.41) is 10.8. The van der Waals surface area contributed by atoms with Crippen molar-refractivity contribution in [2.75, 3.05) is 5.75 Å². The third kappa shape index (κ3) is 3.56. The number of benzene rings is 1. The Kier molecular flexibility index (Phi) is 4.57. The van der Waals surface area contributed by atoms with E-state index in [-0.39, 0.29) is 17.2 Å². The molecule has 0 saturated heterocycles. The Morgan fingerprint density at radius 1 is 1.32 bits per heavy atom. The Bertz CT molecular complexity index is 627. The summed E-state index contributed by atoms with van der Waals surface area (Å²) < 4.78 is 0.555. The number of hydrogen-bond donors (Lipinski definition) is 0. The van der Waals surface area contributed by atoms with Crippen molar-refractivity contribution < 1.29 is 9.72 Å². The summed E-state index contributed by atoms with van der Waals surface area (Å²) in [4.78, 5) is 23.3.